The number of ether oxygens (including phenoxy) is 6. The lowest BCUT2D eigenvalue weighted by molar-refractivity contribution is -0.338. The van der Waals surface area contributed by atoms with Crippen molar-refractivity contribution in [3.63, 3.8) is 0 Å². The predicted molar refractivity (Wildman–Crippen MR) is 249 cm³/mol. The molecule has 0 bridgehead atoms. The summed E-state index contributed by atoms with van der Waals surface area (Å²) in [7, 11) is 0. The van der Waals surface area contributed by atoms with E-state index in [2.05, 4.69) is 21.3 Å². The molecule has 22 nitrogen and oxygen atoms in total. The van der Waals surface area contributed by atoms with E-state index in [1.807, 2.05) is 37.3 Å². The van der Waals surface area contributed by atoms with Crippen LogP contribution in [0.25, 0.3) is 0 Å². The van der Waals surface area contributed by atoms with Gasteiger partial charge in [-0.3, -0.25) is 24.0 Å². The van der Waals surface area contributed by atoms with Crippen LogP contribution in [0.3, 0.4) is 0 Å². The number of aliphatic hydroxyl groups excluding tert-OH is 5. The summed E-state index contributed by atoms with van der Waals surface area (Å²) in [6.07, 6.45) is -11.0. The zero-order chi connectivity index (χ0) is 51.6. The highest BCUT2D eigenvalue weighted by Crippen LogP contribution is 2.40. The molecule has 2 saturated heterocycles. The quantitative estimate of drug-likeness (QED) is 0.0458. The molecular weight excluding hydrogens is 933 g/mol. The van der Waals surface area contributed by atoms with Crippen LogP contribution in [-0.2, 0) is 63.8 Å². The summed E-state index contributed by atoms with van der Waals surface area (Å²) in [6, 6.07) is 7.86. The van der Waals surface area contributed by atoms with Crippen LogP contribution in [0.4, 0.5) is 0 Å². The number of carbonyl (C=O) groups excluding carboxylic acids is 5. The maximum absolute atomic E-state index is 13.9. The van der Waals surface area contributed by atoms with Crippen LogP contribution in [0, 0.1) is 17.8 Å². The molecule has 2 aliphatic heterocycles. The van der Waals surface area contributed by atoms with Gasteiger partial charge in [0.2, 0.25) is 23.6 Å². The number of carbonyl (C=O) groups is 6. The minimum atomic E-state index is -1.69. The van der Waals surface area contributed by atoms with E-state index in [1.54, 1.807) is 0 Å². The van der Waals surface area contributed by atoms with Crippen molar-refractivity contribution in [1.82, 2.24) is 21.3 Å². The van der Waals surface area contributed by atoms with Gasteiger partial charge in [0, 0.05) is 45.3 Å². The van der Waals surface area contributed by atoms with E-state index >= 15 is 0 Å². The lowest BCUT2D eigenvalue weighted by Crippen LogP contribution is -2.67. The van der Waals surface area contributed by atoms with Crippen LogP contribution in [0.5, 0.6) is 0 Å². The molecule has 22 heteroatoms. The van der Waals surface area contributed by atoms with E-state index in [4.69, 9.17) is 28.4 Å². The molecule has 9 unspecified atom stereocenters. The first-order valence-electron chi connectivity index (χ1n) is 25.1. The second kappa shape index (κ2) is 28.8. The fourth-order valence-corrected chi connectivity index (χ4v) is 9.81. The van der Waals surface area contributed by atoms with E-state index in [1.165, 1.54) is 13.8 Å². The molecule has 5 rings (SSSR count). The Morgan fingerprint density at radius 2 is 1.45 bits per heavy atom. The zero-order valence-corrected chi connectivity index (χ0v) is 40.9. The van der Waals surface area contributed by atoms with Crippen molar-refractivity contribution in [2.24, 2.45) is 17.8 Å². The molecule has 4 aliphatic rings. The second-order valence-corrected chi connectivity index (χ2v) is 19.1. The van der Waals surface area contributed by atoms with Crippen molar-refractivity contribution in [3.05, 3.63) is 35.9 Å². The van der Waals surface area contributed by atoms with Gasteiger partial charge >= 0.3 is 11.9 Å². The first-order valence-corrected chi connectivity index (χ1v) is 25.1. The largest absolute Gasteiger partial charge is 0.479 e. The first-order chi connectivity index (χ1) is 34.0. The molecule has 0 spiro atoms. The predicted octanol–water partition coefficient (Wildman–Crippen LogP) is 0.0645. The summed E-state index contributed by atoms with van der Waals surface area (Å²) < 4.78 is 36.3. The van der Waals surface area contributed by atoms with Crippen LogP contribution in [-0.4, -0.2) is 172 Å². The van der Waals surface area contributed by atoms with Crippen LogP contribution >= 0.6 is 0 Å². The van der Waals surface area contributed by atoms with E-state index in [0.717, 1.165) is 37.7 Å². The molecule has 15 atom stereocenters. The molecular formula is C49H76N4O18. The Labute approximate surface area is 414 Å². The molecule has 4 fully saturated rings. The van der Waals surface area contributed by atoms with Gasteiger partial charge in [-0.05, 0) is 50.0 Å². The maximum atomic E-state index is 13.9. The number of carboxylic acid groups (broad SMARTS) is 1. The average molecular weight is 1010 g/mol. The highest BCUT2D eigenvalue weighted by molar-refractivity contribution is 5.80. The van der Waals surface area contributed by atoms with Gasteiger partial charge in [-0.25, -0.2) is 4.79 Å². The molecule has 2 aliphatic carbocycles. The fraction of sp³-hybridized carbons (Fsp3) is 0.755. The molecule has 400 valence electrons. The SMILES string of the molecule is CCC1CC(C(=O)NCCNC(=O)CCCC(=O)NCCC(=O)OCc2ccccc2)C[C@@H](O[C@@H]2OC(CO)[C@H](O)C(O[C@@H](CC3CCCCC3)C(=O)O)C2NC(C)=O)C1O[C@@H]1OC(C)[C@@H](O)C(O)C1O. The first kappa shape index (κ1) is 57.5. The Balaban J connectivity index is 1.21. The number of carboxylic acids is 1. The fourth-order valence-electron chi connectivity index (χ4n) is 9.81. The number of aliphatic hydroxyl groups is 5. The number of esters is 1. The summed E-state index contributed by atoms with van der Waals surface area (Å²) in [5.41, 5.74) is 0.849. The number of nitrogens with one attached hydrogen (secondary N) is 4. The van der Waals surface area contributed by atoms with Gasteiger partial charge in [-0.2, -0.15) is 0 Å². The van der Waals surface area contributed by atoms with E-state index in [-0.39, 0.29) is 88.9 Å². The summed E-state index contributed by atoms with van der Waals surface area (Å²) in [5.74, 6) is -4.55. The smallest absolute Gasteiger partial charge is 0.332 e. The Kier molecular flexibility index (Phi) is 23.3. The average Bonchev–Trinajstić information content (AvgIpc) is 3.35. The molecule has 2 saturated carbocycles. The van der Waals surface area contributed by atoms with Gasteiger partial charge in [-0.1, -0.05) is 75.8 Å². The van der Waals surface area contributed by atoms with Crippen LogP contribution in [0.2, 0.25) is 0 Å². The molecule has 4 amide bonds. The molecule has 71 heavy (non-hydrogen) atoms. The minimum Gasteiger partial charge on any atom is -0.479 e. The van der Waals surface area contributed by atoms with Crippen molar-refractivity contribution in [1.29, 1.82) is 0 Å². The summed E-state index contributed by atoms with van der Waals surface area (Å²) >= 11 is 0. The number of hydrogen-bond acceptors (Lipinski definition) is 17. The molecule has 2 heterocycles. The van der Waals surface area contributed by atoms with Crippen LogP contribution in [0.1, 0.15) is 110 Å². The topological polar surface area (TPSA) is 327 Å². The normalized spacial score (nSPS) is 31.7. The highest BCUT2D eigenvalue weighted by Gasteiger charge is 2.53. The van der Waals surface area contributed by atoms with Gasteiger partial charge < -0.3 is 80.3 Å². The van der Waals surface area contributed by atoms with E-state index in [9.17, 15) is 59.4 Å². The highest BCUT2D eigenvalue weighted by atomic mass is 16.7. The van der Waals surface area contributed by atoms with Gasteiger partial charge in [0.1, 0.15) is 49.3 Å². The van der Waals surface area contributed by atoms with Crippen LogP contribution < -0.4 is 21.3 Å². The third-order valence-electron chi connectivity index (χ3n) is 13.8. The van der Waals surface area contributed by atoms with Gasteiger partial charge in [0.05, 0.1) is 31.3 Å². The number of amides is 4. The van der Waals surface area contributed by atoms with E-state index in [0.29, 0.717) is 6.42 Å². The number of hydrogen-bond donors (Lipinski definition) is 10. The monoisotopic (exact) mass is 1010 g/mol. The molecule has 10 N–H and O–H groups in total. The standard InChI is InChI=1S/C49H76N4O18/c1-4-31-23-32(46(63)52-21-20-51-37(57)17-11-16-36(56)50-19-18-38(58)66-26-30-14-9-6-10-15-30)24-33(44(31)71-49-43(62)42(61)40(59)27(2)67-49)69-48-39(53-28(3)55)45(41(60)35(25-54)70-48)68-34(47(64)65)22-29-12-7-5-8-13-29/h6,9-10,14-15,27,29,31-35,39-45,48-49,54,59-62H,4-5,7-8,11-13,16-26H2,1-3H3,(H,50,56)(H,51,57)(H,52,63)(H,53,55)(H,64,65)/t27?,31?,32?,33-,34+,35?,39?,40-,41+,42?,43?,44?,45?,48-,49+/m1/s1. The molecule has 0 radical (unpaired) electrons. The Hall–Kier alpha value is -4.36. The summed E-state index contributed by atoms with van der Waals surface area (Å²) in [4.78, 5) is 76.2. The van der Waals surface area contributed by atoms with Crippen molar-refractivity contribution in [2.75, 3.05) is 26.2 Å². The van der Waals surface area contributed by atoms with Crippen molar-refractivity contribution in [3.8, 4) is 0 Å². The third kappa shape index (κ3) is 17.4. The lowest BCUT2D eigenvalue weighted by atomic mass is 9.75. The van der Waals surface area contributed by atoms with E-state index < -0.39 is 122 Å². The molecule has 1 aromatic carbocycles. The number of aliphatic carboxylic acids is 1. The lowest BCUT2D eigenvalue weighted by Gasteiger charge is -2.49. The van der Waals surface area contributed by atoms with Crippen molar-refractivity contribution < 1.29 is 87.8 Å². The third-order valence-corrected chi connectivity index (χ3v) is 13.8. The zero-order valence-electron chi connectivity index (χ0n) is 40.9. The van der Waals surface area contributed by atoms with Crippen LogP contribution in [0.15, 0.2) is 30.3 Å². The van der Waals surface area contributed by atoms with Gasteiger partial charge in [-0.15, -0.1) is 0 Å². The van der Waals surface area contributed by atoms with Crippen molar-refractivity contribution in [2.45, 2.75) is 191 Å². The number of rotatable bonds is 25. The minimum absolute atomic E-state index is 0.000806. The second-order valence-electron chi connectivity index (χ2n) is 19.1. The number of benzene rings is 1. The van der Waals surface area contributed by atoms with Gasteiger partial charge in [0.25, 0.3) is 0 Å². The Bertz CT molecular complexity index is 1860. The molecule has 0 aromatic heterocycles. The Morgan fingerprint density at radius 3 is 2.10 bits per heavy atom. The summed E-state index contributed by atoms with van der Waals surface area (Å²) in [6.45, 7) is 4.14. The molecule has 1 aromatic rings. The van der Waals surface area contributed by atoms with Gasteiger partial charge in [0.15, 0.2) is 18.7 Å². The van der Waals surface area contributed by atoms with Crippen molar-refractivity contribution >= 4 is 35.6 Å². The summed E-state index contributed by atoms with van der Waals surface area (Å²) in [5, 5.41) is 75.1. The Morgan fingerprint density at radius 1 is 0.775 bits per heavy atom. The maximum Gasteiger partial charge on any atom is 0.332 e.